The minimum Gasteiger partial charge on any atom is -0.313 e. The first kappa shape index (κ1) is 6.06. The molecule has 0 saturated heterocycles. The van der Waals surface area contributed by atoms with E-state index >= 15 is 0 Å². The van der Waals surface area contributed by atoms with Crippen LogP contribution in [-0.2, 0) is 0 Å². The molecule has 9 heavy (non-hydrogen) atoms. The minimum atomic E-state index is -0.723. The van der Waals surface area contributed by atoms with Crippen molar-refractivity contribution in [1.82, 2.24) is 10.4 Å². The van der Waals surface area contributed by atoms with Gasteiger partial charge in [-0.2, -0.15) is 5.06 Å². The number of carbonyl (C=O) groups excluding carboxylic acids is 1. The highest BCUT2D eigenvalue weighted by molar-refractivity contribution is 5.75. The summed E-state index contributed by atoms with van der Waals surface area (Å²) in [5, 5.41) is 11.3. The number of amides is 2. The van der Waals surface area contributed by atoms with Gasteiger partial charge in [0.15, 0.2) is 0 Å². The van der Waals surface area contributed by atoms with Gasteiger partial charge in [0.2, 0.25) is 0 Å². The Morgan fingerprint density at radius 1 is 1.89 bits per heavy atom. The van der Waals surface area contributed by atoms with Gasteiger partial charge in [-0.05, 0) is 6.08 Å². The Morgan fingerprint density at radius 3 is 3.00 bits per heavy atom. The van der Waals surface area contributed by atoms with Gasteiger partial charge in [-0.25, -0.2) is 4.79 Å². The highest BCUT2D eigenvalue weighted by Gasteiger charge is 2.17. The Bertz CT molecular complexity index is 156. The summed E-state index contributed by atoms with van der Waals surface area (Å²) < 4.78 is 0. The molecule has 0 aromatic carbocycles. The average Bonchev–Trinajstić information content (AvgIpc) is 1.83. The van der Waals surface area contributed by atoms with Crippen LogP contribution < -0.4 is 11.1 Å². The average molecular weight is 129 g/mol. The van der Waals surface area contributed by atoms with E-state index in [1.807, 2.05) is 0 Å². The summed E-state index contributed by atoms with van der Waals surface area (Å²) in [7, 11) is 0. The van der Waals surface area contributed by atoms with Crippen molar-refractivity contribution in [2.75, 3.05) is 0 Å². The molecular formula is C4H7N3O2. The van der Waals surface area contributed by atoms with Gasteiger partial charge in [0, 0.05) is 6.20 Å². The van der Waals surface area contributed by atoms with E-state index in [1.165, 1.54) is 12.3 Å². The summed E-state index contributed by atoms with van der Waals surface area (Å²) in [6.07, 6.45) is 2.12. The van der Waals surface area contributed by atoms with E-state index in [2.05, 4.69) is 5.32 Å². The maximum Gasteiger partial charge on any atom is 0.346 e. The molecule has 5 nitrogen and oxygen atoms in total. The molecule has 0 saturated carbocycles. The summed E-state index contributed by atoms with van der Waals surface area (Å²) in [5.74, 6) is 0. The lowest BCUT2D eigenvalue weighted by Crippen LogP contribution is -2.49. The summed E-state index contributed by atoms with van der Waals surface area (Å²) in [6, 6.07) is -0.606. The molecule has 1 rings (SSSR count). The number of hydrogen-bond acceptors (Lipinski definition) is 3. The van der Waals surface area contributed by atoms with Crippen LogP contribution >= 0.6 is 0 Å². The second-order valence-electron chi connectivity index (χ2n) is 1.64. The first-order chi connectivity index (χ1) is 4.22. The Labute approximate surface area is 51.7 Å². The van der Waals surface area contributed by atoms with Crippen LogP contribution in [0.2, 0.25) is 0 Å². The third kappa shape index (κ3) is 1.01. The molecule has 1 aliphatic heterocycles. The zero-order chi connectivity index (χ0) is 6.85. The van der Waals surface area contributed by atoms with Crippen molar-refractivity contribution < 1.29 is 10.0 Å². The van der Waals surface area contributed by atoms with Crippen LogP contribution in [0.5, 0.6) is 0 Å². The van der Waals surface area contributed by atoms with Crippen molar-refractivity contribution in [2.45, 2.75) is 6.17 Å². The molecule has 2 amide bonds. The van der Waals surface area contributed by atoms with Gasteiger partial charge < -0.3 is 11.1 Å². The SMILES string of the molecule is NC1C=CNC(=O)N1O. The van der Waals surface area contributed by atoms with Crippen molar-refractivity contribution >= 4 is 6.03 Å². The van der Waals surface area contributed by atoms with E-state index in [1.54, 1.807) is 0 Å². The summed E-state index contributed by atoms with van der Waals surface area (Å²) >= 11 is 0. The number of urea groups is 1. The molecule has 1 aliphatic rings. The molecular weight excluding hydrogens is 122 g/mol. The highest BCUT2D eigenvalue weighted by atomic mass is 16.5. The number of nitrogens with zero attached hydrogens (tertiary/aromatic N) is 1. The van der Waals surface area contributed by atoms with Gasteiger partial charge in [0.1, 0.15) is 6.17 Å². The van der Waals surface area contributed by atoms with Crippen molar-refractivity contribution in [3.63, 3.8) is 0 Å². The Hall–Kier alpha value is -1.07. The third-order valence-corrected chi connectivity index (χ3v) is 0.991. The first-order valence-corrected chi connectivity index (χ1v) is 2.42. The number of hydrogen-bond donors (Lipinski definition) is 3. The van der Waals surface area contributed by atoms with Crippen LogP contribution in [0.3, 0.4) is 0 Å². The largest absolute Gasteiger partial charge is 0.346 e. The molecule has 1 atom stereocenters. The van der Waals surface area contributed by atoms with Crippen LogP contribution in [0.1, 0.15) is 0 Å². The Morgan fingerprint density at radius 2 is 2.56 bits per heavy atom. The maximum absolute atomic E-state index is 10.4. The molecule has 0 spiro atoms. The fourth-order valence-corrected chi connectivity index (χ4v) is 0.501. The summed E-state index contributed by atoms with van der Waals surface area (Å²) in [4.78, 5) is 10.4. The quantitative estimate of drug-likeness (QED) is 0.374. The van der Waals surface area contributed by atoms with Crippen LogP contribution in [0.15, 0.2) is 12.3 Å². The Kier molecular flexibility index (Phi) is 1.37. The van der Waals surface area contributed by atoms with Gasteiger partial charge in [-0.15, -0.1) is 0 Å². The molecule has 1 unspecified atom stereocenters. The van der Waals surface area contributed by atoms with Crippen molar-refractivity contribution in [1.29, 1.82) is 0 Å². The lowest BCUT2D eigenvalue weighted by atomic mass is 10.4. The topological polar surface area (TPSA) is 78.6 Å². The number of rotatable bonds is 0. The normalized spacial score (nSPS) is 26.2. The molecule has 5 heteroatoms. The Balaban J connectivity index is 2.69. The van der Waals surface area contributed by atoms with Crippen molar-refractivity contribution in [2.24, 2.45) is 5.73 Å². The van der Waals surface area contributed by atoms with E-state index in [9.17, 15) is 4.79 Å². The molecule has 0 aromatic rings. The molecule has 4 N–H and O–H groups in total. The summed E-state index contributed by atoms with van der Waals surface area (Å²) in [5.41, 5.74) is 5.20. The number of nitrogens with two attached hydrogens (primary N) is 1. The fraction of sp³-hybridized carbons (Fsp3) is 0.250. The van der Waals surface area contributed by atoms with Crippen LogP contribution in [0, 0.1) is 0 Å². The van der Waals surface area contributed by atoms with Gasteiger partial charge in [-0.1, -0.05) is 0 Å². The molecule has 0 fully saturated rings. The van der Waals surface area contributed by atoms with Crippen LogP contribution in [0.25, 0.3) is 0 Å². The van der Waals surface area contributed by atoms with Gasteiger partial charge in [0.05, 0.1) is 0 Å². The molecule has 50 valence electrons. The smallest absolute Gasteiger partial charge is 0.313 e. The molecule has 1 heterocycles. The van der Waals surface area contributed by atoms with E-state index in [0.29, 0.717) is 5.06 Å². The second kappa shape index (κ2) is 2.04. The fourth-order valence-electron chi connectivity index (χ4n) is 0.501. The first-order valence-electron chi connectivity index (χ1n) is 2.42. The zero-order valence-electron chi connectivity index (χ0n) is 4.61. The van der Waals surface area contributed by atoms with Gasteiger partial charge >= 0.3 is 6.03 Å². The monoisotopic (exact) mass is 129 g/mol. The van der Waals surface area contributed by atoms with E-state index in [4.69, 9.17) is 10.9 Å². The van der Waals surface area contributed by atoms with Gasteiger partial charge in [0.25, 0.3) is 0 Å². The van der Waals surface area contributed by atoms with E-state index in [0.717, 1.165) is 0 Å². The van der Waals surface area contributed by atoms with Crippen molar-refractivity contribution in [3.8, 4) is 0 Å². The number of carbonyl (C=O) groups is 1. The zero-order valence-corrected chi connectivity index (χ0v) is 4.61. The van der Waals surface area contributed by atoms with Crippen LogP contribution in [0.4, 0.5) is 4.79 Å². The highest BCUT2D eigenvalue weighted by Crippen LogP contribution is 1.95. The van der Waals surface area contributed by atoms with Gasteiger partial charge in [-0.3, -0.25) is 5.21 Å². The standard InChI is InChI=1S/C4H7N3O2/c5-3-1-2-6-4(8)7(3)9/h1-3,9H,5H2,(H,6,8). The van der Waals surface area contributed by atoms with E-state index in [-0.39, 0.29) is 0 Å². The van der Waals surface area contributed by atoms with Crippen molar-refractivity contribution in [3.05, 3.63) is 12.3 Å². The molecule has 0 aromatic heterocycles. The van der Waals surface area contributed by atoms with E-state index < -0.39 is 12.2 Å². The second-order valence-corrected chi connectivity index (χ2v) is 1.64. The molecule has 0 bridgehead atoms. The third-order valence-electron chi connectivity index (χ3n) is 0.991. The summed E-state index contributed by atoms with van der Waals surface area (Å²) in [6.45, 7) is 0. The molecule has 0 radical (unpaired) electrons. The minimum absolute atomic E-state index is 0.417. The number of hydroxylamine groups is 2. The predicted octanol–water partition coefficient (Wildman–Crippen LogP) is -0.801. The molecule has 0 aliphatic carbocycles. The predicted molar refractivity (Wildman–Crippen MR) is 29.3 cm³/mol. The maximum atomic E-state index is 10.4. The van der Waals surface area contributed by atoms with Crippen LogP contribution in [-0.4, -0.2) is 22.5 Å². The number of nitrogens with one attached hydrogen (secondary N) is 1. The lowest BCUT2D eigenvalue weighted by molar-refractivity contribution is -0.0647. The lowest BCUT2D eigenvalue weighted by Gasteiger charge is -2.22.